The number of hydrogen-bond donors (Lipinski definition) is 4. The minimum Gasteiger partial charge on any atom is -0.480 e. The van der Waals surface area contributed by atoms with Crippen LogP contribution in [0.15, 0.2) is 84.9 Å². The molecular weight excluding hydrogens is 378 g/mol. The zero-order valence-electron chi connectivity index (χ0n) is 16.5. The maximum absolute atomic E-state index is 12.3. The first-order chi connectivity index (χ1) is 14.6. The third kappa shape index (κ3) is 6.76. The number of carbonyl (C=O) groups excluding carboxylic acids is 1. The van der Waals surface area contributed by atoms with Crippen molar-refractivity contribution >= 4 is 28.9 Å². The van der Waals surface area contributed by atoms with Crippen molar-refractivity contribution in [1.29, 1.82) is 0 Å². The van der Waals surface area contributed by atoms with Crippen LogP contribution in [-0.4, -0.2) is 29.6 Å². The Hall–Kier alpha value is -3.64. The van der Waals surface area contributed by atoms with Gasteiger partial charge in [0, 0.05) is 17.1 Å². The summed E-state index contributed by atoms with van der Waals surface area (Å²) in [6.07, 6.45) is 0.552. The van der Waals surface area contributed by atoms with Crippen LogP contribution in [0.4, 0.5) is 17.1 Å². The number of carbonyl (C=O) groups is 2. The van der Waals surface area contributed by atoms with Gasteiger partial charge in [-0.25, -0.2) is 0 Å². The third-order valence-electron chi connectivity index (χ3n) is 4.57. The summed E-state index contributed by atoms with van der Waals surface area (Å²) in [7, 11) is 0. The molecule has 0 aliphatic heterocycles. The van der Waals surface area contributed by atoms with Gasteiger partial charge in [0.1, 0.15) is 6.04 Å². The van der Waals surface area contributed by atoms with Gasteiger partial charge in [-0.1, -0.05) is 48.5 Å². The largest absolute Gasteiger partial charge is 0.480 e. The summed E-state index contributed by atoms with van der Waals surface area (Å²) < 4.78 is 0. The first-order valence-electron chi connectivity index (χ1n) is 9.82. The molecule has 3 rings (SSSR count). The zero-order valence-corrected chi connectivity index (χ0v) is 16.5. The molecule has 3 aromatic carbocycles. The fraction of sp³-hybridized carbons (Fsp3) is 0.167. The number of anilines is 3. The number of para-hydroxylation sites is 1. The maximum atomic E-state index is 12.3. The Kier molecular flexibility index (Phi) is 7.58. The normalized spacial score (nSPS) is 11.5. The lowest BCUT2D eigenvalue weighted by Crippen LogP contribution is -2.40. The molecule has 0 heterocycles. The van der Waals surface area contributed by atoms with Gasteiger partial charge in [-0.3, -0.25) is 9.59 Å². The molecule has 0 radical (unpaired) electrons. The van der Waals surface area contributed by atoms with E-state index in [0.29, 0.717) is 18.7 Å². The van der Waals surface area contributed by atoms with E-state index in [1.807, 2.05) is 72.8 Å². The maximum Gasteiger partial charge on any atom is 0.321 e. The standard InChI is InChI=1S/C24H25N3O3/c28-23(17-22(24(29)30)25-16-15-18-7-3-1-4-8-18)27-21-13-11-20(12-14-21)26-19-9-5-2-6-10-19/h1-14,22,25-26H,15-17H2,(H,27,28)(H,29,30). The van der Waals surface area contributed by atoms with E-state index >= 15 is 0 Å². The van der Waals surface area contributed by atoms with Gasteiger partial charge in [-0.15, -0.1) is 0 Å². The van der Waals surface area contributed by atoms with E-state index in [9.17, 15) is 14.7 Å². The van der Waals surface area contributed by atoms with Gasteiger partial charge >= 0.3 is 5.97 Å². The number of rotatable bonds is 10. The summed E-state index contributed by atoms with van der Waals surface area (Å²) in [4.78, 5) is 23.8. The molecule has 4 N–H and O–H groups in total. The second-order valence-electron chi connectivity index (χ2n) is 6.90. The predicted molar refractivity (Wildman–Crippen MR) is 119 cm³/mol. The van der Waals surface area contributed by atoms with E-state index in [1.165, 1.54) is 0 Å². The highest BCUT2D eigenvalue weighted by molar-refractivity contribution is 5.94. The Morgan fingerprint density at radius 3 is 1.97 bits per heavy atom. The van der Waals surface area contributed by atoms with Gasteiger partial charge in [-0.05, 0) is 54.9 Å². The Bertz CT molecular complexity index is 944. The smallest absolute Gasteiger partial charge is 0.321 e. The second kappa shape index (κ2) is 10.8. The first kappa shape index (κ1) is 21.1. The molecule has 0 bridgehead atoms. The first-order valence-corrected chi connectivity index (χ1v) is 9.82. The zero-order chi connectivity index (χ0) is 21.2. The van der Waals surface area contributed by atoms with Gasteiger partial charge in [0.05, 0.1) is 6.42 Å². The average molecular weight is 403 g/mol. The van der Waals surface area contributed by atoms with E-state index in [-0.39, 0.29) is 12.3 Å². The summed E-state index contributed by atoms with van der Waals surface area (Å²) in [5.74, 6) is -1.39. The van der Waals surface area contributed by atoms with E-state index in [1.54, 1.807) is 12.1 Å². The number of amides is 1. The highest BCUT2D eigenvalue weighted by atomic mass is 16.4. The van der Waals surface area contributed by atoms with Gasteiger partial charge in [0.25, 0.3) is 0 Å². The lowest BCUT2D eigenvalue weighted by molar-refractivity contribution is -0.141. The summed E-state index contributed by atoms with van der Waals surface area (Å²) in [6.45, 7) is 0.480. The third-order valence-corrected chi connectivity index (χ3v) is 4.57. The molecule has 0 aromatic heterocycles. The average Bonchev–Trinajstić information content (AvgIpc) is 2.76. The van der Waals surface area contributed by atoms with Crippen LogP contribution in [0.2, 0.25) is 0 Å². The van der Waals surface area contributed by atoms with Gasteiger partial charge in [-0.2, -0.15) is 0 Å². The highest BCUT2D eigenvalue weighted by Gasteiger charge is 2.20. The number of aliphatic carboxylic acids is 1. The molecule has 0 saturated heterocycles. The van der Waals surface area contributed by atoms with Crippen molar-refractivity contribution in [2.45, 2.75) is 18.9 Å². The molecule has 0 aliphatic rings. The van der Waals surface area contributed by atoms with E-state index < -0.39 is 12.0 Å². The lowest BCUT2D eigenvalue weighted by atomic mass is 10.1. The molecule has 30 heavy (non-hydrogen) atoms. The number of benzene rings is 3. The van der Waals surface area contributed by atoms with E-state index in [2.05, 4.69) is 16.0 Å². The van der Waals surface area contributed by atoms with Gasteiger partial charge in [0.15, 0.2) is 0 Å². The Morgan fingerprint density at radius 1 is 0.767 bits per heavy atom. The molecule has 6 heteroatoms. The summed E-state index contributed by atoms with van der Waals surface area (Å²) in [5.41, 5.74) is 3.60. The molecule has 1 unspecified atom stereocenters. The molecule has 1 atom stereocenters. The van der Waals surface area contributed by atoms with Crippen LogP contribution in [0, 0.1) is 0 Å². The molecule has 0 aliphatic carbocycles. The molecule has 0 saturated carbocycles. The highest BCUT2D eigenvalue weighted by Crippen LogP contribution is 2.18. The van der Waals surface area contributed by atoms with Crippen LogP contribution < -0.4 is 16.0 Å². The summed E-state index contributed by atoms with van der Waals surface area (Å²) in [6, 6.07) is 25.9. The molecule has 0 spiro atoms. The lowest BCUT2D eigenvalue weighted by Gasteiger charge is -2.15. The molecular formula is C24H25N3O3. The van der Waals surface area contributed by atoms with Crippen LogP contribution in [0.3, 0.4) is 0 Å². The van der Waals surface area contributed by atoms with Crippen molar-refractivity contribution in [1.82, 2.24) is 5.32 Å². The van der Waals surface area contributed by atoms with Crippen LogP contribution in [0.25, 0.3) is 0 Å². The van der Waals surface area contributed by atoms with Crippen molar-refractivity contribution in [3.8, 4) is 0 Å². The molecule has 3 aromatic rings. The van der Waals surface area contributed by atoms with Gasteiger partial charge in [0.2, 0.25) is 5.91 Å². The van der Waals surface area contributed by atoms with Gasteiger partial charge < -0.3 is 21.1 Å². The molecule has 6 nitrogen and oxygen atoms in total. The van der Waals surface area contributed by atoms with Crippen LogP contribution in [-0.2, 0) is 16.0 Å². The van der Waals surface area contributed by atoms with E-state index in [0.717, 1.165) is 16.9 Å². The SMILES string of the molecule is O=C(CC(NCCc1ccccc1)C(=O)O)Nc1ccc(Nc2ccccc2)cc1. The Balaban J connectivity index is 1.48. The van der Waals surface area contributed by atoms with Crippen LogP contribution in [0.1, 0.15) is 12.0 Å². The number of nitrogens with one attached hydrogen (secondary N) is 3. The molecule has 0 fully saturated rings. The van der Waals surface area contributed by atoms with Crippen molar-refractivity contribution in [2.75, 3.05) is 17.2 Å². The van der Waals surface area contributed by atoms with Crippen molar-refractivity contribution in [2.24, 2.45) is 0 Å². The van der Waals surface area contributed by atoms with Crippen molar-refractivity contribution in [3.63, 3.8) is 0 Å². The van der Waals surface area contributed by atoms with Crippen molar-refractivity contribution < 1.29 is 14.7 Å². The van der Waals surface area contributed by atoms with Crippen LogP contribution in [0.5, 0.6) is 0 Å². The minimum atomic E-state index is -1.04. The minimum absolute atomic E-state index is 0.145. The molecule has 1 amide bonds. The Labute approximate surface area is 176 Å². The summed E-state index contributed by atoms with van der Waals surface area (Å²) >= 11 is 0. The van der Waals surface area contributed by atoms with E-state index in [4.69, 9.17) is 0 Å². The fourth-order valence-electron chi connectivity index (χ4n) is 3.00. The fourth-order valence-corrected chi connectivity index (χ4v) is 3.00. The second-order valence-corrected chi connectivity index (χ2v) is 6.90. The van der Waals surface area contributed by atoms with Crippen molar-refractivity contribution in [3.05, 3.63) is 90.5 Å². The quantitative estimate of drug-likeness (QED) is 0.410. The number of hydrogen-bond acceptors (Lipinski definition) is 4. The number of carboxylic acids is 1. The molecule has 154 valence electrons. The Morgan fingerprint density at radius 2 is 1.33 bits per heavy atom. The van der Waals surface area contributed by atoms with Crippen LogP contribution >= 0.6 is 0 Å². The summed E-state index contributed by atoms with van der Waals surface area (Å²) in [5, 5.41) is 18.4. The predicted octanol–water partition coefficient (Wildman–Crippen LogP) is 4.04. The topological polar surface area (TPSA) is 90.5 Å². The number of carboxylic acid groups (broad SMARTS) is 1. The monoisotopic (exact) mass is 403 g/mol.